The van der Waals surface area contributed by atoms with Crippen LogP contribution in [0.15, 0.2) is 11.8 Å². The van der Waals surface area contributed by atoms with Gasteiger partial charge >= 0.3 is 0 Å². The highest BCUT2D eigenvalue weighted by Crippen LogP contribution is 2.00. The molecule has 7 heteroatoms. The van der Waals surface area contributed by atoms with Gasteiger partial charge in [0, 0.05) is 39.6 Å². The fourth-order valence-electron chi connectivity index (χ4n) is 1.36. The van der Waals surface area contributed by atoms with Crippen LogP contribution in [0.4, 0.5) is 0 Å². The van der Waals surface area contributed by atoms with E-state index < -0.39 is 5.91 Å². The molecule has 0 atom stereocenters. The van der Waals surface area contributed by atoms with Gasteiger partial charge in [-0.15, -0.1) is 0 Å². The molecule has 1 amide bonds. The van der Waals surface area contributed by atoms with Crippen molar-refractivity contribution in [3.63, 3.8) is 0 Å². The number of methoxy groups -OCH3 is 1. The number of carbonyl (C=O) groups excluding carboxylic acids is 1. The smallest absolute Gasteiger partial charge is 0.266 e. The highest BCUT2D eigenvalue weighted by molar-refractivity contribution is 5.97. The van der Waals surface area contributed by atoms with Gasteiger partial charge in [-0.2, -0.15) is 5.26 Å². The second kappa shape index (κ2) is 11.5. The molecule has 0 radical (unpaired) electrons. The minimum absolute atomic E-state index is 0.0562. The first kappa shape index (κ1) is 17.4. The number of carbonyl (C=O) groups is 1. The molecule has 0 aliphatic carbocycles. The van der Waals surface area contributed by atoms with Gasteiger partial charge in [0.25, 0.3) is 5.91 Å². The van der Waals surface area contributed by atoms with Crippen LogP contribution in [0.3, 0.4) is 0 Å². The zero-order valence-corrected chi connectivity index (χ0v) is 11.1. The van der Waals surface area contributed by atoms with E-state index in [1.54, 1.807) is 13.2 Å². The fourth-order valence-corrected chi connectivity index (χ4v) is 1.36. The van der Waals surface area contributed by atoms with E-state index in [9.17, 15) is 4.79 Å². The van der Waals surface area contributed by atoms with Crippen molar-refractivity contribution in [2.75, 3.05) is 46.6 Å². The van der Waals surface area contributed by atoms with Crippen LogP contribution in [-0.2, 0) is 9.53 Å². The van der Waals surface area contributed by atoms with Gasteiger partial charge in [0.05, 0.1) is 13.2 Å². The molecule has 0 aliphatic rings. The summed E-state index contributed by atoms with van der Waals surface area (Å²) in [6.45, 7) is 0.922. The average Bonchev–Trinajstić information content (AvgIpc) is 2.42. The standard InChI is InChI=1S/C12H21N3O4/c1-19-8-2-3-14-10-11(9-13)12(18)15(4-6-16)5-7-17/h10,14,16-17H,2-8H2,1H3/b11-10-. The van der Waals surface area contributed by atoms with Crippen LogP contribution in [0.25, 0.3) is 0 Å². The predicted octanol–water partition coefficient (Wildman–Crippen LogP) is -1.17. The lowest BCUT2D eigenvalue weighted by atomic mass is 10.2. The number of aliphatic hydroxyl groups excluding tert-OH is 2. The van der Waals surface area contributed by atoms with Crippen LogP contribution in [0, 0.1) is 11.3 Å². The van der Waals surface area contributed by atoms with E-state index in [1.807, 2.05) is 0 Å². The van der Waals surface area contributed by atoms with Gasteiger partial charge in [0.1, 0.15) is 11.6 Å². The number of hydrogen-bond acceptors (Lipinski definition) is 6. The lowest BCUT2D eigenvalue weighted by Crippen LogP contribution is -2.37. The molecule has 0 aromatic heterocycles. The van der Waals surface area contributed by atoms with Crippen molar-refractivity contribution in [2.24, 2.45) is 0 Å². The molecule has 108 valence electrons. The Kier molecular flexibility index (Phi) is 10.5. The van der Waals surface area contributed by atoms with Gasteiger partial charge in [-0.25, -0.2) is 0 Å². The first-order valence-electron chi connectivity index (χ1n) is 6.04. The highest BCUT2D eigenvalue weighted by atomic mass is 16.5. The van der Waals surface area contributed by atoms with Crippen LogP contribution < -0.4 is 5.32 Å². The monoisotopic (exact) mass is 271 g/mol. The second-order valence-corrected chi connectivity index (χ2v) is 3.71. The quantitative estimate of drug-likeness (QED) is 0.263. The number of ether oxygens (including phenoxy) is 1. The van der Waals surface area contributed by atoms with Crippen LogP contribution in [0.1, 0.15) is 6.42 Å². The molecular formula is C12H21N3O4. The van der Waals surface area contributed by atoms with Gasteiger partial charge in [0.2, 0.25) is 0 Å². The summed E-state index contributed by atoms with van der Waals surface area (Å²) >= 11 is 0. The van der Waals surface area contributed by atoms with E-state index in [2.05, 4.69) is 5.32 Å². The van der Waals surface area contributed by atoms with E-state index in [-0.39, 0.29) is 31.9 Å². The zero-order valence-electron chi connectivity index (χ0n) is 11.1. The van der Waals surface area contributed by atoms with E-state index in [0.29, 0.717) is 13.2 Å². The van der Waals surface area contributed by atoms with E-state index in [0.717, 1.165) is 6.42 Å². The average molecular weight is 271 g/mol. The van der Waals surface area contributed by atoms with Crippen molar-refractivity contribution in [3.05, 3.63) is 11.8 Å². The summed E-state index contributed by atoms with van der Waals surface area (Å²) < 4.78 is 4.87. The molecule has 0 saturated heterocycles. The van der Waals surface area contributed by atoms with E-state index in [1.165, 1.54) is 11.1 Å². The molecule has 0 heterocycles. The van der Waals surface area contributed by atoms with E-state index >= 15 is 0 Å². The summed E-state index contributed by atoms with van der Waals surface area (Å²) in [6, 6.07) is 1.80. The van der Waals surface area contributed by atoms with Crippen molar-refractivity contribution in [1.29, 1.82) is 5.26 Å². The van der Waals surface area contributed by atoms with Crippen LogP contribution >= 0.6 is 0 Å². The predicted molar refractivity (Wildman–Crippen MR) is 68.9 cm³/mol. The first-order valence-corrected chi connectivity index (χ1v) is 6.04. The molecule has 0 aromatic rings. The number of nitrogens with zero attached hydrogens (tertiary/aromatic N) is 2. The topological polar surface area (TPSA) is 106 Å². The third-order valence-electron chi connectivity index (χ3n) is 2.29. The zero-order chi connectivity index (χ0) is 14.5. The number of hydrogen-bond donors (Lipinski definition) is 3. The number of aliphatic hydroxyl groups is 2. The molecule has 7 nitrogen and oxygen atoms in total. The molecule has 0 fully saturated rings. The van der Waals surface area contributed by atoms with Crippen LogP contribution in [0.2, 0.25) is 0 Å². The van der Waals surface area contributed by atoms with Crippen molar-refractivity contribution < 1.29 is 19.7 Å². The summed E-state index contributed by atoms with van der Waals surface area (Å²) in [4.78, 5) is 13.2. The number of nitriles is 1. The van der Waals surface area contributed by atoms with Gasteiger partial charge < -0.3 is 25.2 Å². The second-order valence-electron chi connectivity index (χ2n) is 3.71. The first-order chi connectivity index (χ1) is 9.21. The minimum atomic E-state index is -0.509. The number of amides is 1. The Morgan fingerprint density at radius 3 is 2.53 bits per heavy atom. The SMILES string of the molecule is COCCCN/C=C(/C#N)C(=O)N(CCO)CCO. The minimum Gasteiger partial charge on any atom is -0.395 e. The molecule has 0 rings (SSSR count). The Morgan fingerprint density at radius 2 is 2.05 bits per heavy atom. The Labute approximate surface area is 113 Å². The van der Waals surface area contributed by atoms with Gasteiger partial charge in [-0.05, 0) is 6.42 Å². The molecule has 0 saturated carbocycles. The molecule has 0 unspecified atom stereocenters. The summed E-state index contributed by atoms with van der Waals surface area (Å²) in [5, 5.41) is 29.4. The molecule has 0 aromatic carbocycles. The van der Waals surface area contributed by atoms with Crippen molar-refractivity contribution in [1.82, 2.24) is 10.2 Å². The van der Waals surface area contributed by atoms with Gasteiger partial charge in [0.15, 0.2) is 0 Å². The van der Waals surface area contributed by atoms with Crippen molar-refractivity contribution in [2.45, 2.75) is 6.42 Å². The fraction of sp³-hybridized carbons (Fsp3) is 0.667. The third kappa shape index (κ3) is 7.41. The highest BCUT2D eigenvalue weighted by Gasteiger charge is 2.17. The normalized spacial score (nSPS) is 10.9. The maximum atomic E-state index is 11.9. The largest absolute Gasteiger partial charge is 0.395 e. The maximum Gasteiger partial charge on any atom is 0.266 e. The summed E-state index contributed by atoms with van der Waals surface area (Å²) in [5.74, 6) is -0.509. The summed E-state index contributed by atoms with van der Waals surface area (Å²) in [5.41, 5.74) is -0.0562. The lowest BCUT2D eigenvalue weighted by Gasteiger charge is -2.19. The van der Waals surface area contributed by atoms with Gasteiger partial charge in [-0.1, -0.05) is 0 Å². The Morgan fingerprint density at radius 1 is 1.42 bits per heavy atom. The lowest BCUT2D eigenvalue weighted by molar-refractivity contribution is -0.127. The molecule has 3 N–H and O–H groups in total. The molecule has 19 heavy (non-hydrogen) atoms. The number of rotatable bonds is 10. The van der Waals surface area contributed by atoms with Crippen molar-refractivity contribution in [3.8, 4) is 6.07 Å². The summed E-state index contributed by atoms with van der Waals surface area (Å²) in [7, 11) is 1.60. The summed E-state index contributed by atoms with van der Waals surface area (Å²) in [6.07, 6.45) is 2.11. The third-order valence-corrected chi connectivity index (χ3v) is 2.29. The molecular weight excluding hydrogens is 250 g/mol. The number of nitrogens with one attached hydrogen (secondary N) is 1. The molecule has 0 aliphatic heterocycles. The van der Waals surface area contributed by atoms with Gasteiger partial charge in [-0.3, -0.25) is 4.79 Å². The Balaban J connectivity index is 4.42. The Bertz CT molecular complexity index is 319. The molecule has 0 bridgehead atoms. The molecule has 0 spiro atoms. The van der Waals surface area contributed by atoms with E-state index in [4.69, 9.17) is 20.2 Å². The maximum absolute atomic E-state index is 11.9. The Hall–Kier alpha value is -1.62. The van der Waals surface area contributed by atoms with Crippen molar-refractivity contribution >= 4 is 5.91 Å². The van der Waals surface area contributed by atoms with Crippen LogP contribution in [0.5, 0.6) is 0 Å². The van der Waals surface area contributed by atoms with Crippen LogP contribution in [-0.4, -0.2) is 67.6 Å².